The number of rotatable bonds is 5. The molecule has 1 unspecified atom stereocenters. The maximum absolute atomic E-state index is 13.9. The van der Waals surface area contributed by atoms with Crippen molar-refractivity contribution in [2.45, 2.75) is 31.1 Å². The van der Waals surface area contributed by atoms with E-state index in [0.29, 0.717) is 0 Å². The summed E-state index contributed by atoms with van der Waals surface area (Å²) in [5.41, 5.74) is 3.79. The number of anilines is 1. The Bertz CT molecular complexity index is 1280. The van der Waals surface area contributed by atoms with E-state index in [2.05, 4.69) is 10.4 Å². The first-order chi connectivity index (χ1) is 16.4. The minimum atomic E-state index is -4.48. The number of alkyl halides is 3. The van der Waals surface area contributed by atoms with Gasteiger partial charge in [-0.3, -0.25) is 4.79 Å². The van der Waals surface area contributed by atoms with Gasteiger partial charge in [0.1, 0.15) is 5.82 Å². The zero-order valence-corrected chi connectivity index (χ0v) is 18.2. The Morgan fingerprint density at radius 3 is 2.18 bits per heavy atom. The lowest BCUT2D eigenvalue weighted by Gasteiger charge is -2.34. The molecule has 5 rings (SSSR count). The van der Waals surface area contributed by atoms with Crippen molar-refractivity contribution in [3.8, 4) is 11.1 Å². The number of carbonyl (C=O) groups excluding carboxylic acids is 1. The molecule has 1 aliphatic heterocycles. The number of halogens is 3. The second-order valence-corrected chi connectivity index (χ2v) is 8.42. The monoisotopic (exact) mass is 461 g/mol. The summed E-state index contributed by atoms with van der Waals surface area (Å²) in [7, 11) is 0. The van der Waals surface area contributed by atoms with Crippen molar-refractivity contribution in [1.29, 1.82) is 0 Å². The highest BCUT2D eigenvalue weighted by Crippen LogP contribution is 2.44. The summed E-state index contributed by atoms with van der Waals surface area (Å²) in [4.78, 5) is 13.1. The van der Waals surface area contributed by atoms with Crippen molar-refractivity contribution in [3.05, 3.63) is 108 Å². The van der Waals surface area contributed by atoms with Gasteiger partial charge in [0.05, 0.1) is 17.8 Å². The lowest BCUT2D eigenvalue weighted by Crippen LogP contribution is -2.36. The summed E-state index contributed by atoms with van der Waals surface area (Å²) in [6.45, 7) is 0. The van der Waals surface area contributed by atoms with E-state index in [1.807, 2.05) is 60.7 Å². The maximum Gasteiger partial charge on any atom is 0.410 e. The number of hydrogen-bond donors (Lipinski definition) is 1. The molecule has 0 radical (unpaired) electrons. The minimum Gasteiger partial charge on any atom is -0.363 e. The number of ketones is 1. The number of nitrogens with zero attached hydrogens (tertiary/aromatic N) is 2. The number of nitrogens with one attached hydrogen (secondary N) is 1. The molecule has 0 fully saturated rings. The molecule has 0 amide bonds. The van der Waals surface area contributed by atoms with Crippen molar-refractivity contribution >= 4 is 11.6 Å². The SMILES string of the molecule is O=C(Cc1ccc(-c2ccccc2)cc1)c1cnn2c1NC(c1ccccc1)C[C@H]2C(F)(F)F. The van der Waals surface area contributed by atoms with Crippen LogP contribution >= 0.6 is 0 Å². The highest BCUT2D eigenvalue weighted by atomic mass is 19.4. The Labute approximate surface area is 195 Å². The molecule has 172 valence electrons. The fraction of sp³-hybridized carbons (Fsp3) is 0.185. The van der Waals surface area contributed by atoms with Crippen LogP contribution in [-0.2, 0) is 6.42 Å². The molecule has 0 aliphatic carbocycles. The second kappa shape index (κ2) is 8.82. The van der Waals surface area contributed by atoms with Crippen molar-refractivity contribution in [2.75, 3.05) is 5.32 Å². The Morgan fingerprint density at radius 2 is 1.53 bits per heavy atom. The topological polar surface area (TPSA) is 46.9 Å². The molecule has 0 bridgehead atoms. The third-order valence-corrected chi connectivity index (χ3v) is 6.17. The van der Waals surface area contributed by atoms with Crippen LogP contribution in [0.25, 0.3) is 11.1 Å². The molecular formula is C27H22F3N3O. The number of aromatic nitrogens is 2. The quantitative estimate of drug-likeness (QED) is 0.339. The number of benzene rings is 3. The van der Waals surface area contributed by atoms with E-state index in [0.717, 1.165) is 26.9 Å². The van der Waals surface area contributed by atoms with Gasteiger partial charge in [0.25, 0.3) is 0 Å². The van der Waals surface area contributed by atoms with E-state index in [-0.39, 0.29) is 30.0 Å². The van der Waals surface area contributed by atoms with Crippen LogP contribution in [0.15, 0.2) is 91.1 Å². The lowest BCUT2D eigenvalue weighted by atomic mass is 9.95. The average molecular weight is 461 g/mol. The van der Waals surface area contributed by atoms with Crippen LogP contribution < -0.4 is 5.32 Å². The van der Waals surface area contributed by atoms with Crippen molar-refractivity contribution < 1.29 is 18.0 Å². The standard InChI is InChI=1S/C27H22F3N3O/c28-27(29,30)25-16-23(21-9-5-2-6-10-21)32-26-22(17-31-33(25)26)24(34)15-18-11-13-20(14-12-18)19-7-3-1-4-8-19/h1-14,17,23,25,32H,15-16H2/t23?,25-/m0/s1. The molecule has 34 heavy (non-hydrogen) atoms. The molecule has 2 heterocycles. The van der Waals surface area contributed by atoms with Crippen LogP contribution in [0.1, 0.15) is 40.0 Å². The minimum absolute atomic E-state index is 0.0716. The van der Waals surface area contributed by atoms with Gasteiger partial charge in [-0.1, -0.05) is 84.9 Å². The third-order valence-electron chi connectivity index (χ3n) is 6.17. The van der Waals surface area contributed by atoms with E-state index in [4.69, 9.17) is 0 Å². The molecule has 0 saturated heterocycles. The number of fused-ring (bicyclic) bond motifs is 1. The summed E-state index contributed by atoms with van der Waals surface area (Å²) in [6.07, 6.45) is -3.36. The Kier molecular flexibility index (Phi) is 5.69. The molecular weight excluding hydrogens is 439 g/mol. The Morgan fingerprint density at radius 1 is 0.912 bits per heavy atom. The zero-order valence-electron chi connectivity index (χ0n) is 18.2. The van der Waals surface area contributed by atoms with Gasteiger partial charge in [-0.05, 0) is 22.3 Å². The van der Waals surface area contributed by atoms with E-state index in [9.17, 15) is 18.0 Å². The van der Waals surface area contributed by atoms with Crippen LogP contribution in [0.2, 0.25) is 0 Å². The van der Waals surface area contributed by atoms with Gasteiger partial charge in [0.2, 0.25) is 0 Å². The van der Waals surface area contributed by atoms with Crippen LogP contribution in [0.4, 0.5) is 19.0 Å². The predicted molar refractivity (Wildman–Crippen MR) is 125 cm³/mol. The number of hydrogen-bond acceptors (Lipinski definition) is 3. The molecule has 2 atom stereocenters. The summed E-state index contributed by atoms with van der Waals surface area (Å²) in [5, 5.41) is 7.10. The van der Waals surface area contributed by atoms with Crippen LogP contribution in [0, 0.1) is 0 Å². The largest absolute Gasteiger partial charge is 0.410 e. The van der Waals surface area contributed by atoms with Crippen LogP contribution in [0.3, 0.4) is 0 Å². The van der Waals surface area contributed by atoms with Gasteiger partial charge in [0.15, 0.2) is 11.8 Å². The van der Waals surface area contributed by atoms with Crippen molar-refractivity contribution in [2.24, 2.45) is 0 Å². The highest BCUT2D eigenvalue weighted by Gasteiger charge is 2.47. The van der Waals surface area contributed by atoms with Crippen LogP contribution in [-0.4, -0.2) is 21.7 Å². The first-order valence-electron chi connectivity index (χ1n) is 11.0. The summed E-state index contributed by atoms with van der Waals surface area (Å²) in [6, 6.07) is 24.1. The van der Waals surface area contributed by atoms with E-state index >= 15 is 0 Å². The third kappa shape index (κ3) is 4.33. The van der Waals surface area contributed by atoms with Gasteiger partial charge >= 0.3 is 6.18 Å². The predicted octanol–water partition coefficient (Wildman–Crippen LogP) is 6.64. The van der Waals surface area contributed by atoms with E-state index in [1.54, 1.807) is 24.3 Å². The maximum atomic E-state index is 13.9. The average Bonchev–Trinajstić information content (AvgIpc) is 3.28. The number of Topliss-reactive ketones (excluding diaryl/α,β-unsaturated/α-hetero) is 1. The van der Waals surface area contributed by atoms with Gasteiger partial charge in [0, 0.05) is 12.8 Å². The van der Waals surface area contributed by atoms with E-state index < -0.39 is 18.3 Å². The van der Waals surface area contributed by atoms with Gasteiger partial charge < -0.3 is 5.32 Å². The molecule has 4 nitrogen and oxygen atoms in total. The van der Waals surface area contributed by atoms with Crippen molar-refractivity contribution in [1.82, 2.24) is 9.78 Å². The molecule has 0 spiro atoms. The smallest absolute Gasteiger partial charge is 0.363 e. The summed E-state index contributed by atoms with van der Waals surface area (Å²) in [5.74, 6) is -0.163. The molecule has 0 saturated carbocycles. The summed E-state index contributed by atoms with van der Waals surface area (Å²) < 4.78 is 42.5. The molecule has 4 aromatic rings. The highest BCUT2D eigenvalue weighted by molar-refractivity contribution is 6.01. The molecule has 1 N–H and O–H groups in total. The molecule has 1 aliphatic rings. The van der Waals surface area contributed by atoms with E-state index in [1.165, 1.54) is 6.20 Å². The zero-order chi connectivity index (χ0) is 23.7. The second-order valence-electron chi connectivity index (χ2n) is 8.42. The fourth-order valence-electron chi connectivity index (χ4n) is 4.40. The normalized spacial score (nSPS) is 17.6. The molecule has 3 aromatic carbocycles. The summed E-state index contributed by atoms with van der Waals surface area (Å²) >= 11 is 0. The first-order valence-corrected chi connectivity index (χ1v) is 11.0. The Hall–Kier alpha value is -3.87. The molecule has 1 aromatic heterocycles. The van der Waals surface area contributed by atoms with Crippen molar-refractivity contribution in [3.63, 3.8) is 0 Å². The Balaban J connectivity index is 1.41. The van der Waals surface area contributed by atoms with Crippen LogP contribution in [0.5, 0.6) is 0 Å². The molecule has 7 heteroatoms. The van der Waals surface area contributed by atoms with Gasteiger partial charge in [-0.25, -0.2) is 4.68 Å². The fourth-order valence-corrected chi connectivity index (χ4v) is 4.40. The number of carbonyl (C=O) groups is 1. The lowest BCUT2D eigenvalue weighted by molar-refractivity contribution is -0.173. The van der Waals surface area contributed by atoms with Gasteiger partial charge in [-0.15, -0.1) is 0 Å². The first kappa shape index (κ1) is 21.9. The van der Waals surface area contributed by atoms with Gasteiger partial charge in [-0.2, -0.15) is 18.3 Å².